The van der Waals surface area contributed by atoms with Crippen LogP contribution < -0.4 is 9.80 Å². The molecule has 27 heavy (non-hydrogen) atoms. The fourth-order valence-electron chi connectivity index (χ4n) is 3.91. The summed E-state index contributed by atoms with van der Waals surface area (Å²) in [5.41, 5.74) is 2.28. The average Bonchev–Trinajstić information content (AvgIpc) is 2.74. The van der Waals surface area contributed by atoms with Crippen molar-refractivity contribution >= 4 is 17.3 Å². The standard InChI is InChI=1S/C21H25FN4O/c22-19-6-2-3-7-20(19)25-12-10-24(11-13-25)18-14-17(15-23-16-18)21(27)26-8-4-1-5-9-26/h2-3,6-7,14-16H,1,4-5,8-13H2. The van der Waals surface area contributed by atoms with Crippen LogP contribution in [0.15, 0.2) is 42.7 Å². The number of aromatic nitrogens is 1. The van der Waals surface area contributed by atoms with E-state index in [1.807, 2.05) is 29.3 Å². The van der Waals surface area contributed by atoms with Gasteiger partial charge in [0.15, 0.2) is 0 Å². The number of likely N-dealkylation sites (tertiary alicyclic amines) is 1. The minimum atomic E-state index is -0.179. The Morgan fingerprint density at radius 3 is 2.33 bits per heavy atom. The molecule has 2 aliphatic heterocycles. The van der Waals surface area contributed by atoms with Crippen LogP contribution in [0.3, 0.4) is 0 Å². The second-order valence-electron chi connectivity index (χ2n) is 7.21. The first-order chi connectivity index (χ1) is 13.2. The summed E-state index contributed by atoms with van der Waals surface area (Å²) in [5, 5.41) is 0. The number of piperidine rings is 1. The molecule has 1 amide bonds. The first-order valence-electron chi connectivity index (χ1n) is 9.71. The zero-order chi connectivity index (χ0) is 18.6. The molecule has 4 rings (SSSR count). The molecule has 2 fully saturated rings. The van der Waals surface area contributed by atoms with Gasteiger partial charge in [-0.1, -0.05) is 12.1 Å². The van der Waals surface area contributed by atoms with E-state index in [0.717, 1.165) is 57.8 Å². The van der Waals surface area contributed by atoms with Crippen LogP contribution in [0, 0.1) is 5.82 Å². The summed E-state index contributed by atoms with van der Waals surface area (Å²) in [4.78, 5) is 23.3. The van der Waals surface area contributed by atoms with Gasteiger partial charge in [0.05, 0.1) is 23.1 Å². The predicted molar refractivity (Wildman–Crippen MR) is 105 cm³/mol. The normalized spacial score (nSPS) is 17.9. The molecule has 5 nitrogen and oxygen atoms in total. The topological polar surface area (TPSA) is 39.7 Å². The van der Waals surface area contributed by atoms with Crippen molar-refractivity contribution in [2.75, 3.05) is 49.1 Å². The Labute approximate surface area is 159 Å². The van der Waals surface area contributed by atoms with E-state index in [9.17, 15) is 9.18 Å². The van der Waals surface area contributed by atoms with Crippen molar-refractivity contribution in [3.05, 3.63) is 54.1 Å². The number of rotatable bonds is 3. The number of para-hydroxylation sites is 1. The van der Waals surface area contributed by atoms with E-state index >= 15 is 0 Å². The molecule has 6 heteroatoms. The van der Waals surface area contributed by atoms with Gasteiger partial charge in [-0.05, 0) is 37.5 Å². The maximum absolute atomic E-state index is 14.0. The van der Waals surface area contributed by atoms with Gasteiger partial charge in [-0.2, -0.15) is 0 Å². The Bertz CT molecular complexity index is 798. The number of halogens is 1. The number of anilines is 2. The summed E-state index contributed by atoms with van der Waals surface area (Å²) >= 11 is 0. The Balaban J connectivity index is 1.43. The number of hydrogen-bond donors (Lipinski definition) is 0. The Kier molecular flexibility index (Phi) is 5.23. The largest absolute Gasteiger partial charge is 0.367 e. The molecule has 1 aromatic heterocycles. The summed E-state index contributed by atoms with van der Waals surface area (Å²) in [6.45, 7) is 4.71. The number of amides is 1. The van der Waals surface area contributed by atoms with Gasteiger partial charge in [0.25, 0.3) is 5.91 Å². The molecule has 142 valence electrons. The van der Waals surface area contributed by atoms with E-state index in [1.54, 1.807) is 12.3 Å². The fraction of sp³-hybridized carbons (Fsp3) is 0.429. The zero-order valence-corrected chi connectivity index (χ0v) is 15.5. The number of benzene rings is 1. The van der Waals surface area contributed by atoms with E-state index in [2.05, 4.69) is 14.8 Å². The number of carbonyl (C=O) groups is 1. The number of nitrogens with zero attached hydrogens (tertiary/aromatic N) is 4. The Morgan fingerprint density at radius 1 is 0.889 bits per heavy atom. The second-order valence-corrected chi connectivity index (χ2v) is 7.21. The van der Waals surface area contributed by atoms with Crippen LogP contribution in [0.2, 0.25) is 0 Å². The monoisotopic (exact) mass is 368 g/mol. The lowest BCUT2D eigenvalue weighted by Crippen LogP contribution is -2.47. The third-order valence-electron chi connectivity index (χ3n) is 5.45. The van der Waals surface area contributed by atoms with Gasteiger partial charge in [-0.15, -0.1) is 0 Å². The molecule has 0 unspecified atom stereocenters. The van der Waals surface area contributed by atoms with Crippen molar-refractivity contribution in [1.82, 2.24) is 9.88 Å². The highest BCUT2D eigenvalue weighted by Gasteiger charge is 2.22. The van der Waals surface area contributed by atoms with Crippen molar-refractivity contribution in [2.45, 2.75) is 19.3 Å². The van der Waals surface area contributed by atoms with Crippen molar-refractivity contribution in [1.29, 1.82) is 0 Å². The van der Waals surface area contributed by atoms with Crippen LogP contribution in [0.5, 0.6) is 0 Å². The van der Waals surface area contributed by atoms with Crippen molar-refractivity contribution in [3.63, 3.8) is 0 Å². The van der Waals surface area contributed by atoms with Crippen LogP contribution in [0.4, 0.5) is 15.8 Å². The summed E-state index contributed by atoms with van der Waals surface area (Å²) in [6.07, 6.45) is 6.84. The molecule has 0 atom stereocenters. The first kappa shape index (κ1) is 17.8. The minimum Gasteiger partial charge on any atom is -0.367 e. The fourth-order valence-corrected chi connectivity index (χ4v) is 3.91. The van der Waals surface area contributed by atoms with Gasteiger partial charge in [0.2, 0.25) is 0 Å². The van der Waals surface area contributed by atoms with Crippen molar-refractivity contribution < 1.29 is 9.18 Å². The van der Waals surface area contributed by atoms with Gasteiger partial charge in [0, 0.05) is 45.5 Å². The van der Waals surface area contributed by atoms with E-state index < -0.39 is 0 Å². The number of hydrogen-bond acceptors (Lipinski definition) is 4. The van der Waals surface area contributed by atoms with Gasteiger partial charge >= 0.3 is 0 Å². The number of carbonyl (C=O) groups excluding carboxylic acids is 1. The van der Waals surface area contributed by atoms with Crippen molar-refractivity contribution in [3.8, 4) is 0 Å². The highest BCUT2D eigenvalue weighted by atomic mass is 19.1. The van der Waals surface area contributed by atoms with Gasteiger partial charge in [-0.25, -0.2) is 4.39 Å². The van der Waals surface area contributed by atoms with Crippen LogP contribution in [0.1, 0.15) is 29.6 Å². The first-order valence-corrected chi connectivity index (χ1v) is 9.71. The number of pyridine rings is 1. The molecule has 0 N–H and O–H groups in total. The minimum absolute atomic E-state index is 0.0778. The average molecular weight is 368 g/mol. The molecule has 0 spiro atoms. The summed E-state index contributed by atoms with van der Waals surface area (Å²) in [6, 6.07) is 8.85. The molecule has 0 saturated carbocycles. The lowest BCUT2D eigenvalue weighted by molar-refractivity contribution is 0.0724. The molecule has 0 bridgehead atoms. The van der Waals surface area contributed by atoms with Gasteiger partial charge in [-0.3, -0.25) is 9.78 Å². The van der Waals surface area contributed by atoms with Gasteiger partial charge < -0.3 is 14.7 Å². The highest BCUT2D eigenvalue weighted by molar-refractivity contribution is 5.94. The molecule has 0 aliphatic carbocycles. The molecular weight excluding hydrogens is 343 g/mol. The van der Waals surface area contributed by atoms with E-state index in [4.69, 9.17) is 0 Å². The zero-order valence-electron chi connectivity index (χ0n) is 15.5. The van der Waals surface area contributed by atoms with E-state index in [0.29, 0.717) is 11.3 Å². The van der Waals surface area contributed by atoms with Crippen LogP contribution in [0.25, 0.3) is 0 Å². The summed E-state index contributed by atoms with van der Waals surface area (Å²) in [5.74, 6) is -0.101. The molecular formula is C21H25FN4O. The van der Waals surface area contributed by atoms with Gasteiger partial charge in [0.1, 0.15) is 5.82 Å². The molecule has 2 aliphatic rings. The Hall–Kier alpha value is -2.63. The quantitative estimate of drug-likeness (QED) is 0.834. The lowest BCUT2D eigenvalue weighted by Gasteiger charge is -2.37. The van der Waals surface area contributed by atoms with Crippen LogP contribution >= 0.6 is 0 Å². The SMILES string of the molecule is O=C(c1cncc(N2CCN(c3ccccc3F)CC2)c1)N1CCCCC1. The lowest BCUT2D eigenvalue weighted by atomic mass is 10.1. The van der Waals surface area contributed by atoms with Crippen LogP contribution in [-0.4, -0.2) is 55.1 Å². The smallest absolute Gasteiger partial charge is 0.255 e. The molecule has 1 aromatic carbocycles. The van der Waals surface area contributed by atoms with Crippen molar-refractivity contribution in [2.24, 2.45) is 0 Å². The Morgan fingerprint density at radius 2 is 1.59 bits per heavy atom. The maximum Gasteiger partial charge on any atom is 0.255 e. The van der Waals surface area contributed by atoms with E-state index in [-0.39, 0.29) is 11.7 Å². The molecule has 2 aromatic rings. The summed E-state index contributed by atoms with van der Waals surface area (Å²) < 4.78 is 14.0. The number of piperazine rings is 1. The molecule has 3 heterocycles. The third-order valence-corrected chi connectivity index (χ3v) is 5.45. The molecule has 2 saturated heterocycles. The van der Waals surface area contributed by atoms with E-state index in [1.165, 1.54) is 12.5 Å². The van der Waals surface area contributed by atoms with Crippen LogP contribution in [-0.2, 0) is 0 Å². The second kappa shape index (κ2) is 7.94. The molecule has 0 radical (unpaired) electrons. The highest BCUT2D eigenvalue weighted by Crippen LogP contribution is 2.23. The summed E-state index contributed by atoms with van der Waals surface area (Å²) in [7, 11) is 0. The maximum atomic E-state index is 14.0. The third kappa shape index (κ3) is 3.89. The predicted octanol–water partition coefficient (Wildman–Crippen LogP) is 3.17.